The molecule has 5 rings (SSSR count). The second kappa shape index (κ2) is 13.7. The van der Waals surface area contributed by atoms with Crippen LogP contribution < -0.4 is 15.4 Å². The van der Waals surface area contributed by atoms with Gasteiger partial charge in [-0.25, -0.2) is 0 Å². The summed E-state index contributed by atoms with van der Waals surface area (Å²) in [5.74, 6) is 0.422. The van der Waals surface area contributed by atoms with Crippen molar-refractivity contribution in [2.45, 2.75) is 69.5 Å². The van der Waals surface area contributed by atoms with Crippen molar-refractivity contribution in [1.29, 1.82) is 0 Å². The highest BCUT2D eigenvalue weighted by atomic mass is 28.4. The molecule has 6 atom stereocenters. The topological polar surface area (TPSA) is 131 Å². The SMILES string of the molecule is CO[C@@H]1c2cc(NC(=O)C3CCCNC3)ccc2O[C@H](C(CCn2cc(C(CO)c3ccccc3)nn2)[Si](C)(C)O)[C@H]1C. The number of amides is 1. The van der Waals surface area contributed by atoms with Gasteiger partial charge in [-0.3, -0.25) is 9.48 Å². The van der Waals surface area contributed by atoms with Crippen molar-refractivity contribution in [3.05, 3.63) is 71.5 Å². The zero-order valence-electron chi connectivity index (χ0n) is 25.6. The number of aliphatic hydroxyl groups is 1. The molecule has 2 aliphatic heterocycles. The Hall–Kier alpha value is -3.09. The summed E-state index contributed by atoms with van der Waals surface area (Å²) < 4.78 is 14.5. The number of fused-ring (bicyclic) bond motifs is 1. The van der Waals surface area contributed by atoms with Crippen LogP contribution in [0.25, 0.3) is 0 Å². The number of carbonyl (C=O) groups excluding carboxylic acids is 1. The van der Waals surface area contributed by atoms with Gasteiger partial charge in [-0.1, -0.05) is 42.5 Å². The Morgan fingerprint density at radius 1 is 1.26 bits per heavy atom. The molecular formula is C32H45N5O5Si. The number of rotatable bonds is 11. The lowest BCUT2D eigenvalue weighted by molar-refractivity contribution is -0.120. The van der Waals surface area contributed by atoms with Gasteiger partial charge in [0.25, 0.3) is 0 Å². The first-order chi connectivity index (χ1) is 20.7. The summed E-state index contributed by atoms with van der Waals surface area (Å²) in [7, 11) is -1.01. The zero-order valence-corrected chi connectivity index (χ0v) is 26.6. The number of hydrogen-bond acceptors (Lipinski definition) is 8. The van der Waals surface area contributed by atoms with Crippen LogP contribution in [-0.2, 0) is 16.1 Å². The minimum Gasteiger partial charge on any atom is -0.490 e. The van der Waals surface area contributed by atoms with E-state index in [9.17, 15) is 14.7 Å². The second-order valence-corrected chi connectivity index (χ2v) is 16.5. The molecule has 11 heteroatoms. The van der Waals surface area contributed by atoms with Crippen LogP contribution in [-0.4, -0.2) is 72.0 Å². The van der Waals surface area contributed by atoms with Gasteiger partial charge in [-0.2, -0.15) is 0 Å². The predicted molar refractivity (Wildman–Crippen MR) is 167 cm³/mol. The molecule has 3 heterocycles. The number of anilines is 1. The molecule has 3 unspecified atom stereocenters. The van der Waals surface area contributed by atoms with E-state index in [-0.39, 0.29) is 48.0 Å². The minimum atomic E-state index is -2.70. The summed E-state index contributed by atoms with van der Waals surface area (Å²) in [4.78, 5) is 24.3. The second-order valence-electron chi connectivity index (χ2n) is 12.5. The van der Waals surface area contributed by atoms with E-state index in [1.807, 2.05) is 67.8 Å². The Balaban J connectivity index is 1.31. The van der Waals surface area contributed by atoms with Crippen LogP contribution in [0.15, 0.2) is 54.7 Å². The Kier molecular flexibility index (Phi) is 9.98. The lowest BCUT2D eigenvalue weighted by Crippen LogP contribution is -2.48. The number of aryl methyl sites for hydroxylation is 1. The van der Waals surface area contributed by atoms with Gasteiger partial charge in [0.05, 0.1) is 30.2 Å². The summed E-state index contributed by atoms with van der Waals surface area (Å²) in [5, 5.41) is 25.2. The van der Waals surface area contributed by atoms with Gasteiger partial charge >= 0.3 is 0 Å². The van der Waals surface area contributed by atoms with Crippen LogP contribution in [0.2, 0.25) is 18.6 Å². The molecule has 43 heavy (non-hydrogen) atoms. The average Bonchev–Trinajstić information content (AvgIpc) is 3.47. The van der Waals surface area contributed by atoms with Crippen LogP contribution >= 0.6 is 0 Å². The Bertz CT molecular complexity index is 1360. The van der Waals surface area contributed by atoms with Gasteiger partial charge in [0.2, 0.25) is 5.91 Å². The first kappa shape index (κ1) is 31.3. The van der Waals surface area contributed by atoms with Gasteiger partial charge in [0, 0.05) is 49.1 Å². The van der Waals surface area contributed by atoms with Crippen molar-refractivity contribution in [3.8, 4) is 5.75 Å². The number of nitrogens with zero attached hydrogens (tertiary/aromatic N) is 3. The van der Waals surface area contributed by atoms with E-state index < -0.39 is 8.32 Å². The number of aromatic nitrogens is 3. The Morgan fingerprint density at radius 3 is 2.72 bits per heavy atom. The maximum absolute atomic E-state index is 12.9. The highest BCUT2D eigenvalue weighted by Gasteiger charge is 2.46. The highest BCUT2D eigenvalue weighted by Crippen LogP contribution is 2.47. The molecule has 2 aliphatic rings. The van der Waals surface area contributed by atoms with Crippen molar-refractivity contribution in [1.82, 2.24) is 20.3 Å². The van der Waals surface area contributed by atoms with Crippen LogP contribution in [0.1, 0.15) is 55.0 Å². The van der Waals surface area contributed by atoms with Gasteiger partial charge in [0.15, 0.2) is 8.32 Å². The smallest absolute Gasteiger partial charge is 0.228 e. The molecule has 0 spiro atoms. The fraction of sp³-hybridized carbons (Fsp3) is 0.531. The van der Waals surface area contributed by atoms with Crippen LogP contribution in [0, 0.1) is 11.8 Å². The largest absolute Gasteiger partial charge is 0.490 e. The van der Waals surface area contributed by atoms with Crippen molar-refractivity contribution >= 4 is 19.9 Å². The van der Waals surface area contributed by atoms with Crippen molar-refractivity contribution in [2.24, 2.45) is 11.8 Å². The predicted octanol–water partition coefficient (Wildman–Crippen LogP) is 4.08. The van der Waals surface area contributed by atoms with Gasteiger partial charge in [-0.15, -0.1) is 5.10 Å². The van der Waals surface area contributed by atoms with Crippen molar-refractivity contribution in [2.75, 3.05) is 32.1 Å². The number of carbonyl (C=O) groups is 1. The lowest BCUT2D eigenvalue weighted by atomic mass is 9.86. The first-order valence-corrected chi connectivity index (χ1v) is 18.3. The number of benzene rings is 2. The van der Waals surface area contributed by atoms with E-state index in [1.165, 1.54) is 0 Å². The van der Waals surface area contributed by atoms with Gasteiger partial charge in [-0.05, 0) is 62.7 Å². The summed E-state index contributed by atoms with van der Waals surface area (Å²) in [5.41, 5.74) is 3.23. The van der Waals surface area contributed by atoms with E-state index >= 15 is 0 Å². The molecule has 3 aromatic rings. The van der Waals surface area contributed by atoms with E-state index in [0.717, 1.165) is 36.2 Å². The molecule has 0 aliphatic carbocycles. The number of nitrogens with one attached hydrogen (secondary N) is 2. The third kappa shape index (κ3) is 7.18. The summed E-state index contributed by atoms with van der Waals surface area (Å²) >= 11 is 0. The molecule has 1 fully saturated rings. The van der Waals surface area contributed by atoms with Crippen LogP contribution in [0.5, 0.6) is 5.75 Å². The number of methoxy groups -OCH3 is 1. The first-order valence-electron chi connectivity index (χ1n) is 15.3. The monoisotopic (exact) mass is 607 g/mol. The van der Waals surface area contributed by atoms with Crippen LogP contribution in [0.4, 0.5) is 5.69 Å². The summed E-state index contributed by atoms with van der Waals surface area (Å²) in [6.07, 6.45) is 3.90. The average molecular weight is 608 g/mol. The molecule has 1 saturated heterocycles. The summed E-state index contributed by atoms with van der Waals surface area (Å²) in [6.45, 7) is 8.17. The van der Waals surface area contributed by atoms with Crippen molar-refractivity contribution < 1.29 is 24.2 Å². The maximum atomic E-state index is 12.9. The number of piperidine rings is 1. The van der Waals surface area contributed by atoms with E-state index in [4.69, 9.17) is 9.47 Å². The number of hydrogen-bond donors (Lipinski definition) is 4. The Morgan fingerprint density at radius 2 is 2.05 bits per heavy atom. The van der Waals surface area contributed by atoms with Gasteiger partial charge < -0.3 is 30.0 Å². The molecule has 4 N–H and O–H groups in total. The molecule has 0 radical (unpaired) electrons. The quantitative estimate of drug-likeness (QED) is 0.240. The van der Waals surface area contributed by atoms with E-state index in [1.54, 1.807) is 11.8 Å². The molecule has 0 saturated carbocycles. The molecule has 0 bridgehead atoms. The molecule has 2 aromatic carbocycles. The van der Waals surface area contributed by atoms with E-state index in [0.29, 0.717) is 31.0 Å². The zero-order chi connectivity index (χ0) is 30.6. The molecule has 1 aromatic heterocycles. The third-order valence-electron chi connectivity index (χ3n) is 9.04. The summed E-state index contributed by atoms with van der Waals surface area (Å²) in [6, 6.07) is 15.5. The Labute approximate surface area is 254 Å². The maximum Gasteiger partial charge on any atom is 0.228 e. The molecular weight excluding hydrogens is 562 g/mol. The number of aliphatic hydroxyl groups excluding tert-OH is 1. The molecule has 10 nitrogen and oxygen atoms in total. The third-order valence-corrected chi connectivity index (χ3v) is 11.5. The highest BCUT2D eigenvalue weighted by molar-refractivity contribution is 6.71. The fourth-order valence-electron chi connectivity index (χ4n) is 6.60. The lowest BCUT2D eigenvalue weighted by Gasteiger charge is -2.44. The number of ether oxygens (including phenoxy) is 2. The van der Waals surface area contributed by atoms with Crippen LogP contribution in [0.3, 0.4) is 0 Å². The molecule has 232 valence electrons. The standard InChI is InChI=1S/C32H45N5O5Si/c1-21-30(41-2)25-17-24(34-32(39)23-11-8-15-33-18-23)12-13-28(25)42-31(21)29(43(3,4)40)14-16-37-19-27(35-36-37)26(20-38)22-9-6-5-7-10-22/h5-7,9-10,12-13,17,19,21,23,26,29-31,33,38,40H,8,11,14-16,18,20H2,1-4H3,(H,34,39)/t21-,23?,26?,29?,30-,31-/m0/s1. The fourth-order valence-corrected chi connectivity index (χ4v) is 8.61. The van der Waals surface area contributed by atoms with Gasteiger partial charge in [0.1, 0.15) is 11.9 Å². The normalized spacial score (nSPS) is 23.6. The van der Waals surface area contributed by atoms with E-state index in [2.05, 4.69) is 27.9 Å². The molecule has 1 amide bonds. The van der Waals surface area contributed by atoms with Crippen molar-refractivity contribution in [3.63, 3.8) is 0 Å². The minimum absolute atomic E-state index is 0.0298.